The lowest BCUT2D eigenvalue weighted by atomic mass is 10.0. The van der Waals surface area contributed by atoms with Crippen LogP contribution in [0.4, 0.5) is 4.79 Å². The van der Waals surface area contributed by atoms with E-state index >= 15 is 0 Å². The van der Waals surface area contributed by atoms with Crippen molar-refractivity contribution < 1.29 is 29.0 Å². The number of hydrogen-bond acceptors (Lipinski definition) is 5. The molecule has 0 radical (unpaired) electrons. The number of carbonyl (C=O) groups excluding carboxylic acids is 3. The topological polar surface area (TPSA) is 122 Å². The normalized spacial score (nSPS) is 12.1. The Kier molecular flexibility index (Phi) is 8.31. The molecule has 8 heteroatoms. The molecule has 0 saturated carbocycles. The van der Waals surface area contributed by atoms with Crippen LogP contribution in [0.15, 0.2) is 73.3 Å². The second-order valence-electron chi connectivity index (χ2n) is 6.29. The predicted octanol–water partition coefficient (Wildman–Crippen LogP) is 2.02. The van der Waals surface area contributed by atoms with E-state index in [0.717, 1.165) is 0 Å². The first-order valence-electron chi connectivity index (χ1n) is 9.13. The van der Waals surface area contributed by atoms with E-state index in [0.29, 0.717) is 11.1 Å². The van der Waals surface area contributed by atoms with E-state index in [1.165, 1.54) is 6.08 Å². The molecule has 0 fully saturated rings. The molecule has 0 spiro atoms. The smallest absolute Gasteiger partial charge is 0.408 e. The van der Waals surface area contributed by atoms with Gasteiger partial charge in [-0.15, -0.1) is 0 Å². The van der Waals surface area contributed by atoms with Gasteiger partial charge in [-0.3, -0.25) is 9.59 Å². The van der Waals surface area contributed by atoms with Crippen molar-refractivity contribution in [3.63, 3.8) is 0 Å². The monoisotopic (exact) mass is 410 g/mol. The van der Waals surface area contributed by atoms with Crippen LogP contribution in [-0.4, -0.2) is 41.5 Å². The molecule has 2 aromatic rings. The zero-order chi connectivity index (χ0) is 21.9. The van der Waals surface area contributed by atoms with E-state index < -0.39 is 35.8 Å². The van der Waals surface area contributed by atoms with Gasteiger partial charge in [0.25, 0.3) is 5.91 Å². The van der Waals surface area contributed by atoms with Crippen LogP contribution in [0.3, 0.4) is 0 Å². The highest BCUT2D eigenvalue weighted by molar-refractivity contribution is 6.38. The maximum atomic E-state index is 12.8. The first-order valence-corrected chi connectivity index (χ1v) is 9.13. The van der Waals surface area contributed by atoms with Crippen LogP contribution < -0.4 is 10.6 Å². The maximum absolute atomic E-state index is 12.8. The lowest BCUT2D eigenvalue weighted by molar-refractivity contribution is -0.144. The number of alkyl carbamates (subject to hydrolysis) is 1. The minimum absolute atomic E-state index is 0.00000192. The van der Waals surface area contributed by atoms with Gasteiger partial charge >= 0.3 is 12.1 Å². The third-order valence-electron chi connectivity index (χ3n) is 4.10. The first kappa shape index (κ1) is 22.4. The Bertz CT molecular complexity index is 898. The Morgan fingerprint density at radius 3 is 2.13 bits per heavy atom. The van der Waals surface area contributed by atoms with Gasteiger partial charge in [-0.2, -0.15) is 0 Å². The summed E-state index contributed by atoms with van der Waals surface area (Å²) >= 11 is 0. The average Bonchev–Trinajstić information content (AvgIpc) is 2.76. The van der Waals surface area contributed by atoms with Gasteiger partial charge in [-0.05, 0) is 11.1 Å². The summed E-state index contributed by atoms with van der Waals surface area (Å²) in [6.07, 6.45) is 0.441. The first-order chi connectivity index (χ1) is 14.4. The minimum atomic E-state index is -1.34. The number of nitrogens with one attached hydrogen (secondary N) is 2. The molecule has 2 atom stereocenters. The predicted molar refractivity (Wildman–Crippen MR) is 109 cm³/mol. The standard InChI is InChI=1S/C22H22N2O6/c1-2-13-30-22(29)24-18(16-11-7-4-8-12-16)19(25)20(26)23-17(21(27)28)14-15-9-5-3-6-10-15/h2-12,17-18H,1,13-14H2,(H,23,26)(H,24,29)(H,27,28)/t17-,18?/m0/s1. The molecular weight excluding hydrogens is 388 g/mol. The number of aliphatic carboxylic acids is 1. The summed E-state index contributed by atoms with van der Waals surface area (Å²) in [7, 11) is 0. The van der Waals surface area contributed by atoms with Gasteiger partial charge < -0.3 is 20.5 Å². The van der Waals surface area contributed by atoms with Gasteiger partial charge in [-0.1, -0.05) is 73.3 Å². The number of amides is 2. The second-order valence-corrected chi connectivity index (χ2v) is 6.29. The number of rotatable bonds is 10. The van der Waals surface area contributed by atoms with Gasteiger partial charge in [0, 0.05) is 6.42 Å². The average molecular weight is 410 g/mol. The van der Waals surface area contributed by atoms with Crippen molar-refractivity contribution in [2.45, 2.75) is 18.5 Å². The molecule has 0 aliphatic carbocycles. The highest BCUT2D eigenvalue weighted by Gasteiger charge is 2.31. The molecule has 8 nitrogen and oxygen atoms in total. The fourth-order valence-corrected chi connectivity index (χ4v) is 2.65. The SMILES string of the molecule is C=CCOC(=O)NC(C(=O)C(=O)N[C@@H](Cc1ccccc1)C(=O)O)c1ccccc1. The fraction of sp³-hybridized carbons (Fsp3) is 0.182. The van der Waals surface area contributed by atoms with E-state index in [9.17, 15) is 24.3 Å². The van der Waals surface area contributed by atoms with E-state index in [-0.39, 0.29) is 13.0 Å². The minimum Gasteiger partial charge on any atom is -0.480 e. The van der Waals surface area contributed by atoms with Gasteiger partial charge in [0.05, 0.1) is 0 Å². The van der Waals surface area contributed by atoms with Crippen molar-refractivity contribution in [3.05, 3.63) is 84.4 Å². The lowest BCUT2D eigenvalue weighted by Gasteiger charge is -2.19. The van der Waals surface area contributed by atoms with Crippen molar-refractivity contribution in [1.82, 2.24) is 10.6 Å². The van der Waals surface area contributed by atoms with Gasteiger partial charge in [-0.25, -0.2) is 9.59 Å². The largest absolute Gasteiger partial charge is 0.480 e. The molecule has 0 heterocycles. The molecule has 1 unspecified atom stereocenters. The molecule has 3 N–H and O–H groups in total. The van der Waals surface area contributed by atoms with E-state index in [1.54, 1.807) is 60.7 Å². The van der Waals surface area contributed by atoms with Gasteiger partial charge in [0.2, 0.25) is 5.78 Å². The van der Waals surface area contributed by atoms with Crippen LogP contribution in [0.25, 0.3) is 0 Å². The number of hydrogen-bond donors (Lipinski definition) is 3. The van der Waals surface area contributed by atoms with Crippen molar-refractivity contribution >= 4 is 23.8 Å². The number of carbonyl (C=O) groups is 4. The van der Waals surface area contributed by atoms with Crippen molar-refractivity contribution in [2.75, 3.05) is 6.61 Å². The molecule has 0 aromatic heterocycles. The number of ketones is 1. The zero-order valence-corrected chi connectivity index (χ0v) is 16.1. The van der Waals surface area contributed by atoms with E-state index in [1.807, 2.05) is 0 Å². The number of Topliss-reactive ketones (excluding diaryl/α,β-unsaturated/α-hetero) is 1. The molecule has 2 aromatic carbocycles. The molecule has 0 aliphatic heterocycles. The van der Waals surface area contributed by atoms with Crippen LogP contribution in [0.1, 0.15) is 17.2 Å². The molecule has 0 bridgehead atoms. The highest BCUT2D eigenvalue weighted by atomic mass is 16.5. The van der Waals surface area contributed by atoms with Gasteiger partial charge in [0.1, 0.15) is 18.7 Å². The molecule has 2 amide bonds. The third kappa shape index (κ3) is 6.59. The molecule has 30 heavy (non-hydrogen) atoms. The van der Waals surface area contributed by atoms with E-state index in [4.69, 9.17) is 4.74 Å². The Hall–Kier alpha value is -3.94. The summed E-state index contributed by atoms with van der Waals surface area (Å²) in [6, 6.07) is 14.1. The van der Waals surface area contributed by atoms with Crippen molar-refractivity contribution in [2.24, 2.45) is 0 Å². The molecule has 0 saturated heterocycles. The van der Waals surface area contributed by atoms with Crippen LogP contribution in [0, 0.1) is 0 Å². The van der Waals surface area contributed by atoms with Crippen LogP contribution in [0.5, 0.6) is 0 Å². The Morgan fingerprint density at radius 2 is 1.57 bits per heavy atom. The summed E-state index contributed by atoms with van der Waals surface area (Å²) in [5, 5.41) is 14.0. The van der Waals surface area contributed by atoms with Crippen LogP contribution in [-0.2, 0) is 25.5 Å². The lowest BCUT2D eigenvalue weighted by Crippen LogP contribution is -2.48. The quantitative estimate of drug-likeness (QED) is 0.407. The molecule has 2 rings (SSSR count). The van der Waals surface area contributed by atoms with Crippen molar-refractivity contribution in [1.29, 1.82) is 0 Å². The van der Waals surface area contributed by atoms with Crippen LogP contribution in [0.2, 0.25) is 0 Å². The number of ether oxygens (including phenoxy) is 1. The van der Waals surface area contributed by atoms with E-state index in [2.05, 4.69) is 17.2 Å². The number of benzene rings is 2. The Morgan fingerprint density at radius 1 is 0.967 bits per heavy atom. The maximum Gasteiger partial charge on any atom is 0.408 e. The summed E-state index contributed by atoms with van der Waals surface area (Å²) in [6.45, 7) is 3.35. The summed E-state index contributed by atoms with van der Waals surface area (Å²) in [5.41, 5.74) is 1.03. The Labute approximate surface area is 173 Å². The molecular formula is C22H22N2O6. The third-order valence-corrected chi connectivity index (χ3v) is 4.10. The van der Waals surface area contributed by atoms with Crippen molar-refractivity contribution in [3.8, 4) is 0 Å². The van der Waals surface area contributed by atoms with Crippen LogP contribution >= 0.6 is 0 Å². The highest BCUT2D eigenvalue weighted by Crippen LogP contribution is 2.15. The van der Waals surface area contributed by atoms with Gasteiger partial charge in [0.15, 0.2) is 0 Å². The zero-order valence-electron chi connectivity index (χ0n) is 16.1. The number of carboxylic acids is 1. The summed E-state index contributed by atoms with van der Waals surface area (Å²) in [4.78, 5) is 48.8. The molecule has 0 aliphatic rings. The second kappa shape index (κ2) is 11.2. The Balaban J connectivity index is 2.16. The summed E-state index contributed by atoms with van der Waals surface area (Å²) in [5.74, 6) is -3.43. The number of carboxylic acid groups (broad SMARTS) is 1. The summed E-state index contributed by atoms with van der Waals surface area (Å²) < 4.78 is 4.83. The fourth-order valence-electron chi connectivity index (χ4n) is 2.65. The molecule has 156 valence electrons.